The van der Waals surface area contributed by atoms with Crippen molar-refractivity contribution in [2.75, 3.05) is 0 Å². The molecule has 1 aliphatic carbocycles. The van der Waals surface area contributed by atoms with Crippen molar-refractivity contribution in [2.24, 2.45) is 0 Å². The molecule has 7 rings (SSSR count). The van der Waals surface area contributed by atoms with Crippen molar-refractivity contribution in [1.29, 1.82) is 0 Å². The standard InChI is InChI=1S/2C18H18N4.C6H4O4.2Co.2F6P/c2*1-4-10-19-16(7-1)13-22(14-17-8-2-5-11-20-17)15-18-9-3-6-12-21-18;7-3-1-4(8)6(10)2-5(3)9;;;2*1-7(2,3,4,5)6/h2*1-12H,13-15H2;1-2,7,10H;;;;/q;;;2*+3;2*-1/p-2. The topological polar surface area (TPSA) is 164 Å². The largest absolute Gasteiger partial charge is 3.00 e. The number of aromatic nitrogens is 6. The predicted molar refractivity (Wildman–Crippen MR) is 225 cm³/mol. The van der Waals surface area contributed by atoms with Crippen LogP contribution in [0.25, 0.3) is 0 Å². The molecule has 0 atom stereocenters. The Morgan fingerprint density at radius 3 is 0.629 bits per heavy atom. The maximum atomic E-state index is 10.3. The molecule has 0 N–H and O–H groups in total. The van der Waals surface area contributed by atoms with Gasteiger partial charge in [0.1, 0.15) is 0 Å². The fourth-order valence-electron chi connectivity index (χ4n) is 5.18. The van der Waals surface area contributed by atoms with Crippen LogP contribution in [-0.4, -0.2) is 51.3 Å². The number of ketones is 2. The van der Waals surface area contributed by atoms with Gasteiger partial charge in [0.25, 0.3) is 0 Å². The summed E-state index contributed by atoms with van der Waals surface area (Å²) in [6, 6.07) is 36.0. The summed E-state index contributed by atoms with van der Waals surface area (Å²) in [6.07, 6.45) is 12.0. The zero-order valence-electron chi connectivity index (χ0n) is 35.6. The van der Waals surface area contributed by atoms with Gasteiger partial charge >= 0.3 is 99.5 Å². The average molecular weight is 1130 g/mol. The maximum Gasteiger partial charge on any atom is 3.00 e. The monoisotopic (exact) mass is 1130 g/mol. The van der Waals surface area contributed by atoms with E-state index in [1.807, 2.05) is 146 Å². The molecular formula is C42H38Co2F12N8O4P2+2. The first-order valence-corrected chi connectivity index (χ1v) is 23.2. The summed E-state index contributed by atoms with van der Waals surface area (Å²) in [6.45, 7) is 4.63. The minimum absolute atomic E-state index is 0. The molecule has 0 spiro atoms. The van der Waals surface area contributed by atoms with Crippen molar-refractivity contribution in [3.63, 3.8) is 0 Å². The summed E-state index contributed by atoms with van der Waals surface area (Å²) in [5.41, 5.74) is 6.30. The minimum Gasteiger partial charge on any atom is -0.870 e. The van der Waals surface area contributed by atoms with Crippen LogP contribution in [0.3, 0.4) is 0 Å². The molecule has 0 aromatic carbocycles. The Hall–Kier alpha value is -5.73. The number of carbonyl (C=O) groups is 2. The van der Waals surface area contributed by atoms with Crippen LogP contribution in [-0.2, 0) is 82.4 Å². The number of rotatable bonds is 12. The van der Waals surface area contributed by atoms with Crippen molar-refractivity contribution >= 4 is 27.2 Å². The molecule has 70 heavy (non-hydrogen) atoms. The SMILES string of the molecule is F[P-](F)(F)(F)(F)F.F[P-](F)(F)(F)(F)F.O=C1C=C([O-])C(=O)C=C1[O-].[Co+3].[Co+3].c1ccc(CN(Cc2ccccn2)Cc2ccccn2)nc1.c1ccc(CN(Cc2ccccn2)Cc2ccccn2)nc1. The third kappa shape index (κ3) is 34.5. The van der Waals surface area contributed by atoms with E-state index < -0.39 is 38.7 Å². The number of carbonyl (C=O) groups excluding carboxylic acids is 2. The van der Waals surface area contributed by atoms with Crippen LogP contribution in [0.4, 0.5) is 50.4 Å². The summed E-state index contributed by atoms with van der Waals surface area (Å²) >= 11 is 0. The maximum absolute atomic E-state index is 10.7. The molecule has 6 aromatic rings. The van der Waals surface area contributed by atoms with Crippen LogP contribution in [0.15, 0.2) is 170 Å². The Labute approximate surface area is 412 Å². The van der Waals surface area contributed by atoms with Gasteiger partial charge in [-0.25, -0.2) is 0 Å². The first-order chi connectivity index (χ1) is 31.3. The van der Waals surface area contributed by atoms with Gasteiger partial charge in [0.2, 0.25) is 0 Å². The van der Waals surface area contributed by atoms with Crippen molar-refractivity contribution in [1.82, 2.24) is 39.7 Å². The molecule has 0 saturated heterocycles. The second kappa shape index (κ2) is 25.4. The van der Waals surface area contributed by atoms with Crippen LogP contribution in [0.5, 0.6) is 0 Å². The number of hydrogen-bond acceptors (Lipinski definition) is 12. The van der Waals surface area contributed by atoms with Gasteiger partial charge < -0.3 is 10.2 Å². The number of nitrogens with zero attached hydrogens (tertiary/aromatic N) is 8. The van der Waals surface area contributed by atoms with E-state index in [2.05, 4.69) is 39.7 Å². The van der Waals surface area contributed by atoms with Crippen molar-refractivity contribution < 1.29 is 104 Å². The van der Waals surface area contributed by atoms with Crippen LogP contribution < -0.4 is 10.2 Å². The zero-order valence-corrected chi connectivity index (χ0v) is 39.4. The molecule has 0 amide bonds. The molecule has 6 aromatic heterocycles. The average Bonchev–Trinajstić information content (AvgIpc) is 3.23. The molecule has 28 heteroatoms. The Balaban J connectivity index is 0.000000475. The van der Waals surface area contributed by atoms with E-state index in [-0.39, 0.29) is 33.6 Å². The van der Waals surface area contributed by atoms with Crippen molar-refractivity contribution in [2.45, 2.75) is 39.3 Å². The van der Waals surface area contributed by atoms with Crippen LogP contribution in [0.2, 0.25) is 0 Å². The third-order valence-electron chi connectivity index (χ3n) is 7.68. The van der Waals surface area contributed by atoms with Gasteiger partial charge in [-0.05, 0) is 84.9 Å². The number of halogens is 12. The number of hydrogen-bond donors (Lipinski definition) is 0. The summed E-state index contributed by atoms with van der Waals surface area (Å²) in [5, 5.41) is 20.7. The molecule has 0 saturated carbocycles. The first-order valence-electron chi connectivity index (χ1n) is 19.1. The van der Waals surface area contributed by atoms with Gasteiger partial charge in [0.05, 0.1) is 34.2 Å². The second-order valence-corrected chi connectivity index (χ2v) is 17.7. The fourth-order valence-corrected chi connectivity index (χ4v) is 5.18. The Kier molecular flexibility index (Phi) is 22.6. The Bertz CT molecular complexity index is 2180. The minimum atomic E-state index is -10.7. The first kappa shape index (κ1) is 62.3. The quantitative estimate of drug-likeness (QED) is 0.0648. The van der Waals surface area contributed by atoms with Gasteiger partial charge in [0.15, 0.2) is 11.6 Å². The smallest absolute Gasteiger partial charge is 0.870 e. The van der Waals surface area contributed by atoms with E-state index in [4.69, 9.17) is 0 Å². The fraction of sp³-hybridized carbons (Fsp3) is 0.143. The van der Waals surface area contributed by atoms with E-state index in [1.54, 1.807) is 0 Å². The normalized spacial score (nSPS) is 14.0. The van der Waals surface area contributed by atoms with Crippen LogP contribution >= 0.6 is 15.6 Å². The molecule has 0 fully saturated rings. The van der Waals surface area contributed by atoms with Gasteiger partial charge in [-0.2, -0.15) is 0 Å². The van der Waals surface area contributed by atoms with Gasteiger partial charge in [-0.15, -0.1) is 0 Å². The Morgan fingerprint density at radius 1 is 0.343 bits per heavy atom. The predicted octanol–water partition coefficient (Wildman–Crippen LogP) is 10.5. The molecule has 6 heterocycles. The van der Waals surface area contributed by atoms with Crippen LogP contribution in [0, 0.1) is 0 Å². The molecule has 0 bridgehead atoms. The number of allylic oxidation sites excluding steroid dienone is 2. The molecule has 0 radical (unpaired) electrons. The van der Waals surface area contributed by atoms with Gasteiger partial charge in [-0.3, -0.25) is 49.3 Å². The molecule has 1 aliphatic rings. The molecule has 380 valence electrons. The Morgan fingerprint density at radius 2 is 0.500 bits per heavy atom. The second-order valence-electron chi connectivity index (χ2n) is 13.9. The molecule has 12 nitrogen and oxygen atoms in total. The van der Waals surface area contributed by atoms with Gasteiger partial charge in [-0.1, -0.05) is 47.9 Å². The van der Waals surface area contributed by atoms with E-state index in [9.17, 15) is 70.2 Å². The van der Waals surface area contributed by atoms with E-state index >= 15 is 0 Å². The molecule has 0 aliphatic heterocycles. The summed E-state index contributed by atoms with van der Waals surface area (Å²) in [5.74, 6) is -3.71. The van der Waals surface area contributed by atoms with E-state index in [0.717, 1.165) is 73.4 Å². The summed E-state index contributed by atoms with van der Waals surface area (Å²) in [7, 11) is -21.3. The van der Waals surface area contributed by atoms with Crippen molar-refractivity contribution in [3.8, 4) is 0 Å². The summed E-state index contributed by atoms with van der Waals surface area (Å²) < 4.78 is 118. The summed E-state index contributed by atoms with van der Waals surface area (Å²) in [4.78, 5) is 51.8. The van der Waals surface area contributed by atoms with E-state index in [1.165, 1.54) is 0 Å². The van der Waals surface area contributed by atoms with Crippen molar-refractivity contribution in [3.05, 3.63) is 204 Å². The van der Waals surface area contributed by atoms with Crippen LogP contribution in [0.1, 0.15) is 34.2 Å². The third-order valence-corrected chi connectivity index (χ3v) is 7.68. The molecular weight excluding hydrogens is 1090 g/mol. The van der Waals surface area contributed by atoms with E-state index in [0.29, 0.717) is 12.2 Å². The van der Waals surface area contributed by atoms with Gasteiger partial charge in [0, 0.05) is 76.4 Å². The molecule has 0 unspecified atom stereocenters. The number of pyridine rings is 6. The zero-order chi connectivity index (χ0) is 50.6.